The van der Waals surface area contributed by atoms with Gasteiger partial charge in [0, 0.05) is 22.7 Å². The zero-order chi connectivity index (χ0) is 12.0. The van der Waals surface area contributed by atoms with Gasteiger partial charge in [-0.3, -0.25) is 0 Å². The molecule has 0 amide bonds. The Balaban J connectivity index is 0. The normalized spacial score (nSPS) is 15.4. The van der Waals surface area contributed by atoms with Crippen LogP contribution in [0.3, 0.4) is 0 Å². The van der Waals surface area contributed by atoms with Crippen LogP contribution in [0, 0.1) is 12.6 Å². The van der Waals surface area contributed by atoms with E-state index in [-0.39, 0.29) is 16.8 Å². The van der Waals surface area contributed by atoms with Crippen molar-refractivity contribution in [3.05, 3.63) is 47.5 Å². The summed E-state index contributed by atoms with van der Waals surface area (Å²) >= 11 is 0. The van der Waals surface area contributed by atoms with Gasteiger partial charge in [0.2, 0.25) is 0 Å². The van der Waals surface area contributed by atoms with Gasteiger partial charge in [0.25, 0.3) is 0 Å². The molecule has 1 rings (SSSR count). The number of allylic oxidation sites excluding steroid dienone is 5. The third-order valence-corrected chi connectivity index (χ3v) is 3.19. The first-order chi connectivity index (χ1) is 7.09. The second-order valence-corrected chi connectivity index (χ2v) is 3.81. The minimum atomic E-state index is 0. The molecule has 0 unspecified atom stereocenters. The van der Waals surface area contributed by atoms with Crippen LogP contribution in [0.15, 0.2) is 34.9 Å². The summed E-state index contributed by atoms with van der Waals surface area (Å²) in [6.07, 6.45) is 4.23. The molecular weight excluding hydrogens is 243 g/mol. The van der Waals surface area contributed by atoms with Crippen LogP contribution in [-0.4, -0.2) is 0 Å². The quantitative estimate of drug-likeness (QED) is 0.413. The molecule has 0 bridgehead atoms. The summed E-state index contributed by atoms with van der Waals surface area (Å²) in [5.41, 5.74) is 5.96. The van der Waals surface area contributed by atoms with Crippen LogP contribution in [0.4, 0.5) is 0 Å². The van der Waals surface area contributed by atoms with Gasteiger partial charge in [-0.15, -0.1) is 6.58 Å². The van der Waals surface area contributed by atoms with Gasteiger partial charge in [-0.05, 0) is 44.8 Å². The van der Waals surface area contributed by atoms with Crippen molar-refractivity contribution in [2.75, 3.05) is 0 Å². The van der Waals surface area contributed by atoms with Crippen molar-refractivity contribution in [3.63, 3.8) is 0 Å². The predicted octanol–water partition coefficient (Wildman–Crippen LogP) is 4.17. The first-order valence-corrected chi connectivity index (χ1v) is 5.12. The first-order valence-electron chi connectivity index (χ1n) is 5.12. The second-order valence-electron chi connectivity index (χ2n) is 3.81. The fourth-order valence-electron chi connectivity index (χ4n) is 1.92. The van der Waals surface area contributed by atoms with Crippen molar-refractivity contribution in [2.45, 2.75) is 40.5 Å². The number of hydrogen-bond acceptors (Lipinski definition) is 0. The largest absolute Gasteiger partial charge is 0 e. The van der Waals surface area contributed by atoms with E-state index in [0.29, 0.717) is 0 Å². The van der Waals surface area contributed by atoms with Gasteiger partial charge < -0.3 is 0 Å². The van der Waals surface area contributed by atoms with Crippen LogP contribution in [-0.2, 0) is 21.4 Å². The molecule has 0 aliphatic heterocycles. The van der Waals surface area contributed by atoms with E-state index in [1.54, 1.807) is 0 Å². The average Bonchev–Trinajstić information content (AvgIpc) is 2.45. The van der Waals surface area contributed by atoms with Crippen molar-refractivity contribution in [1.29, 1.82) is 0 Å². The second kappa shape index (κ2) is 8.60. The summed E-state index contributed by atoms with van der Waals surface area (Å²) in [4.78, 5) is 0. The SMILES string of the molecule is C=CCCC1=C(C)C(C)=C(C)[C]1C.[C-]#[O+].[Co]. The van der Waals surface area contributed by atoms with Crippen molar-refractivity contribution in [1.82, 2.24) is 0 Å². The molecule has 2 heteroatoms. The maximum atomic E-state index is 7.50. The van der Waals surface area contributed by atoms with E-state index in [4.69, 9.17) is 4.65 Å². The number of rotatable bonds is 3. The molecule has 1 aliphatic rings. The molecule has 0 aromatic heterocycles. The van der Waals surface area contributed by atoms with E-state index in [1.807, 2.05) is 6.08 Å². The van der Waals surface area contributed by atoms with Gasteiger partial charge in [0.1, 0.15) is 0 Å². The van der Waals surface area contributed by atoms with Gasteiger partial charge in [-0.2, -0.15) is 0 Å². The Morgan fingerprint density at radius 2 is 1.56 bits per heavy atom. The molecule has 0 spiro atoms. The Hall–Kier alpha value is -0.534. The Morgan fingerprint density at radius 1 is 1.06 bits per heavy atom. The topological polar surface area (TPSA) is 19.9 Å². The van der Waals surface area contributed by atoms with Crippen LogP contribution < -0.4 is 0 Å². The molecule has 0 saturated heterocycles. The summed E-state index contributed by atoms with van der Waals surface area (Å²) in [6.45, 7) is 17.2. The van der Waals surface area contributed by atoms with E-state index in [1.165, 1.54) is 28.2 Å². The zero-order valence-corrected chi connectivity index (χ0v) is 11.5. The maximum absolute atomic E-state index is 7.50. The molecular formula is C14H19CoO. The molecule has 0 aromatic rings. The zero-order valence-electron chi connectivity index (χ0n) is 10.4. The van der Waals surface area contributed by atoms with E-state index >= 15 is 0 Å². The average molecular weight is 262 g/mol. The summed E-state index contributed by atoms with van der Waals surface area (Å²) in [5, 5.41) is 0. The maximum Gasteiger partial charge on any atom is 0 e. The Bertz CT molecular complexity index is 321. The van der Waals surface area contributed by atoms with Gasteiger partial charge in [-0.25, -0.2) is 0 Å². The summed E-state index contributed by atoms with van der Waals surface area (Å²) in [7, 11) is 0. The Morgan fingerprint density at radius 3 is 1.88 bits per heavy atom. The van der Waals surface area contributed by atoms with Crippen molar-refractivity contribution in [2.24, 2.45) is 0 Å². The summed E-state index contributed by atoms with van der Waals surface area (Å²) in [6, 6.07) is 0. The van der Waals surface area contributed by atoms with E-state index in [9.17, 15) is 0 Å². The monoisotopic (exact) mass is 262 g/mol. The van der Waals surface area contributed by atoms with Crippen molar-refractivity contribution < 1.29 is 21.4 Å². The molecule has 0 N–H and O–H groups in total. The standard InChI is InChI=1S/C13H19.CO.Co/c1-6-7-8-13-11(4)9(2)10(3)12(13)5;1-2;/h6H,1,7-8H2,2-5H3;;. The minimum Gasteiger partial charge on any atom is 0 e. The molecule has 1 nitrogen and oxygen atoms in total. The molecule has 0 heterocycles. The fraction of sp³-hybridized carbons (Fsp3) is 0.429. The van der Waals surface area contributed by atoms with Crippen molar-refractivity contribution in [3.8, 4) is 0 Å². The minimum absolute atomic E-state index is 0. The smallest absolute Gasteiger partial charge is 0 e. The molecule has 0 atom stereocenters. The molecule has 90 valence electrons. The third kappa shape index (κ3) is 3.80. The van der Waals surface area contributed by atoms with Gasteiger partial charge in [-0.1, -0.05) is 24.1 Å². The summed E-state index contributed by atoms with van der Waals surface area (Å²) < 4.78 is 7.50. The van der Waals surface area contributed by atoms with Crippen LogP contribution in [0.5, 0.6) is 0 Å². The van der Waals surface area contributed by atoms with Crippen LogP contribution in [0.1, 0.15) is 40.5 Å². The van der Waals surface area contributed by atoms with Gasteiger partial charge in [0.15, 0.2) is 0 Å². The molecule has 0 fully saturated rings. The van der Waals surface area contributed by atoms with Crippen molar-refractivity contribution >= 4 is 0 Å². The molecule has 1 aliphatic carbocycles. The van der Waals surface area contributed by atoms with Crippen LogP contribution in [0.2, 0.25) is 0 Å². The first kappa shape index (κ1) is 17.8. The van der Waals surface area contributed by atoms with E-state index in [2.05, 4.69) is 40.9 Å². The van der Waals surface area contributed by atoms with Gasteiger partial charge in [0.05, 0.1) is 0 Å². The fourth-order valence-corrected chi connectivity index (χ4v) is 1.92. The summed E-state index contributed by atoms with van der Waals surface area (Å²) in [5.74, 6) is 1.48. The van der Waals surface area contributed by atoms with Crippen LogP contribution in [0.25, 0.3) is 0 Å². The van der Waals surface area contributed by atoms with E-state index < -0.39 is 0 Å². The molecule has 2 radical (unpaired) electrons. The third-order valence-electron chi connectivity index (χ3n) is 3.19. The number of hydrogen-bond donors (Lipinski definition) is 0. The molecule has 0 aromatic carbocycles. The molecule has 0 saturated carbocycles. The predicted molar refractivity (Wildman–Crippen MR) is 63.4 cm³/mol. The van der Waals surface area contributed by atoms with Crippen LogP contribution >= 0.6 is 0 Å². The molecule has 16 heavy (non-hydrogen) atoms. The van der Waals surface area contributed by atoms with Gasteiger partial charge >= 0.3 is 11.3 Å². The Kier molecular flexibility index (Phi) is 9.59. The van der Waals surface area contributed by atoms with E-state index in [0.717, 1.165) is 12.8 Å². The Labute approximate surface area is 110 Å².